The molecule has 0 radical (unpaired) electrons. The molecule has 3 atom stereocenters. The van der Waals surface area contributed by atoms with Crippen molar-refractivity contribution in [1.82, 2.24) is 5.32 Å². The molecule has 2 heteroatoms. The molecule has 0 aliphatic heterocycles. The molecule has 1 aliphatic carbocycles. The van der Waals surface area contributed by atoms with E-state index in [0.717, 1.165) is 17.8 Å². The lowest BCUT2D eigenvalue weighted by Crippen LogP contribution is -2.41. The van der Waals surface area contributed by atoms with Gasteiger partial charge in [0.05, 0.1) is 0 Å². The fourth-order valence-electron chi connectivity index (χ4n) is 2.84. The molecule has 1 aliphatic rings. The maximum absolute atomic E-state index is 3.80. The predicted molar refractivity (Wildman–Crippen MR) is 82.4 cm³/mol. The smallest absolute Gasteiger partial charge is 0.0198 e. The maximum atomic E-state index is 3.80. The van der Waals surface area contributed by atoms with Gasteiger partial charge in [-0.05, 0) is 30.6 Å². The molecule has 3 unspecified atom stereocenters. The Balaban J connectivity index is 1.83. The molecule has 1 saturated carbocycles. The van der Waals surface area contributed by atoms with Gasteiger partial charge in [0.1, 0.15) is 0 Å². The van der Waals surface area contributed by atoms with E-state index in [1.165, 1.54) is 31.2 Å². The third-order valence-corrected chi connectivity index (χ3v) is 5.23. The van der Waals surface area contributed by atoms with Gasteiger partial charge >= 0.3 is 0 Å². The van der Waals surface area contributed by atoms with E-state index in [1.54, 1.807) is 0 Å². The highest BCUT2D eigenvalue weighted by Crippen LogP contribution is 2.27. The Kier molecular flexibility index (Phi) is 5.58. The lowest BCUT2D eigenvalue weighted by atomic mass is 9.93. The summed E-state index contributed by atoms with van der Waals surface area (Å²) in [5.41, 5.74) is 1.45. The summed E-state index contributed by atoms with van der Waals surface area (Å²) in [5.74, 6) is 0.607. The Bertz CT molecular complexity index is 338. The highest BCUT2D eigenvalue weighted by molar-refractivity contribution is 7.99. The first-order valence-corrected chi connectivity index (χ1v) is 8.41. The summed E-state index contributed by atoms with van der Waals surface area (Å²) in [6.45, 7) is 3.42. The standard InChI is InChI=1S/C16H25NS/c1-13(14-8-4-3-5-9-14)12-17-15-10-6-7-11-16(15)18-2/h3-5,8-9,13,15-17H,6-7,10-12H2,1-2H3. The summed E-state index contributed by atoms with van der Waals surface area (Å²) in [6, 6.07) is 11.6. The van der Waals surface area contributed by atoms with Crippen LogP contribution < -0.4 is 5.32 Å². The van der Waals surface area contributed by atoms with Crippen molar-refractivity contribution < 1.29 is 0 Å². The number of hydrogen-bond acceptors (Lipinski definition) is 2. The summed E-state index contributed by atoms with van der Waals surface area (Å²) in [6.07, 6.45) is 7.81. The van der Waals surface area contributed by atoms with Gasteiger partial charge in [-0.1, -0.05) is 50.1 Å². The first-order chi connectivity index (χ1) is 8.81. The molecule has 2 rings (SSSR count). The van der Waals surface area contributed by atoms with E-state index in [-0.39, 0.29) is 0 Å². The topological polar surface area (TPSA) is 12.0 Å². The summed E-state index contributed by atoms with van der Waals surface area (Å²) in [5, 5.41) is 4.62. The van der Waals surface area contributed by atoms with Gasteiger partial charge in [0.15, 0.2) is 0 Å². The van der Waals surface area contributed by atoms with E-state index in [4.69, 9.17) is 0 Å². The molecule has 0 bridgehead atoms. The third kappa shape index (κ3) is 3.76. The van der Waals surface area contributed by atoms with Crippen LogP contribution in [0.2, 0.25) is 0 Å². The normalized spacial score (nSPS) is 25.9. The van der Waals surface area contributed by atoms with Crippen LogP contribution in [0.25, 0.3) is 0 Å². The first-order valence-electron chi connectivity index (χ1n) is 7.12. The minimum absolute atomic E-state index is 0.607. The second-order valence-corrected chi connectivity index (χ2v) is 6.46. The van der Waals surface area contributed by atoms with Gasteiger partial charge in [-0.25, -0.2) is 0 Å². The van der Waals surface area contributed by atoms with Crippen molar-refractivity contribution in [2.24, 2.45) is 0 Å². The number of hydrogen-bond donors (Lipinski definition) is 1. The van der Waals surface area contributed by atoms with Crippen molar-refractivity contribution in [1.29, 1.82) is 0 Å². The van der Waals surface area contributed by atoms with E-state index >= 15 is 0 Å². The zero-order valence-corrected chi connectivity index (χ0v) is 12.4. The van der Waals surface area contributed by atoms with Gasteiger partial charge in [0.25, 0.3) is 0 Å². The molecule has 1 aromatic carbocycles. The molecule has 1 nitrogen and oxygen atoms in total. The van der Waals surface area contributed by atoms with Crippen LogP contribution in [0.1, 0.15) is 44.1 Å². The van der Waals surface area contributed by atoms with Gasteiger partial charge in [0.2, 0.25) is 0 Å². The summed E-state index contributed by atoms with van der Waals surface area (Å²) < 4.78 is 0. The molecule has 1 N–H and O–H groups in total. The molecular formula is C16H25NS. The van der Waals surface area contributed by atoms with Crippen LogP contribution in [0.4, 0.5) is 0 Å². The second-order valence-electron chi connectivity index (χ2n) is 5.39. The van der Waals surface area contributed by atoms with E-state index in [0.29, 0.717) is 5.92 Å². The Morgan fingerprint density at radius 1 is 1.22 bits per heavy atom. The maximum Gasteiger partial charge on any atom is 0.0198 e. The van der Waals surface area contributed by atoms with Gasteiger partial charge < -0.3 is 5.32 Å². The molecule has 0 saturated heterocycles. The molecule has 0 aromatic heterocycles. The Morgan fingerprint density at radius 3 is 2.67 bits per heavy atom. The molecule has 0 amide bonds. The first kappa shape index (κ1) is 14.0. The van der Waals surface area contributed by atoms with Crippen LogP contribution in [0, 0.1) is 0 Å². The second kappa shape index (κ2) is 7.20. The minimum Gasteiger partial charge on any atom is -0.312 e. The summed E-state index contributed by atoms with van der Waals surface area (Å²) >= 11 is 2.04. The largest absolute Gasteiger partial charge is 0.312 e. The molecule has 100 valence electrons. The molecular weight excluding hydrogens is 238 g/mol. The van der Waals surface area contributed by atoms with E-state index in [9.17, 15) is 0 Å². The van der Waals surface area contributed by atoms with E-state index in [1.807, 2.05) is 11.8 Å². The molecule has 18 heavy (non-hydrogen) atoms. The summed E-state index contributed by atoms with van der Waals surface area (Å²) in [7, 11) is 0. The SMILES string of the molecule is CSC1CCCCC1NCC(C)c1ccccc1. The van der Waals surface area contributed by atoms with Crippen LogP contribution in [-0.2, 0) is 0 Å². The lowest BCUT2D eigenvalue weighted by Gasteiger charge is -2.32. The third-order valence-electron chi connectivity index (χ3n) is 4.06. The zero-order valence-electron chi connectivity index (χ0n) is 11.6. The Morgan fingerprint density at radius 2 is 1.94 bits per heavy atom. The van der Waals surface area contributed by atoms with Gasteiger partial charge in [0, 0.05) is 17.8 Å². The van der Waals surface area contributed by atoms with Crippen molar-refractivity contribution in [3.05, 3.63) is 35.9 Å². The van der Waals surface area contributed by atoms with Gasteiger partial charge in [-0.2, -0.15) is 11.8 Å². The fourth-order valence-corrected chi connectivity index (χ4v) is 3.80. The Hall–Kier alpha value is -0.470. The molecule has 0 spiro atoms. The molecule has 0 heterocycles. The zero-order chi connectivity index (χ0) is 12.8. The van der Waals surface area contributed by atoms with E-state index < -0.39 is 0 Å². The summed E-state index contributed by atoms with van der Waals surface area (Å²) in [4.78, 5) is 0. The van der Waals surface area contributed by atoms with Crippen molar-refractivity contribution in [2.45, 2.75) is 49.8 Å². The minimum atomic E-state index is 0.607. The van der Waals surface area contributed by atoms with Crippen LogP contribution >= 0.6 is 11.8 Å². The number of thioether (sulfide) groups is 1. The van der Waals surface area contributed by atoms with Crippen LogP contribution in [0.3, 0.4) is 0 Å². The lowest BCUT2D eigenvalue weighted by molar-refractivity contribution is 0.378. The van der Waals surface area contributed by atoms with Gasteiger partial charge in [-0.3, -0.25) is 0 Å². The van der Waals surface area contributed by atoms with Crippen molar-refractivity contribution in [3.8, 4) is 0 Å². The van der Waals surface area contributed by atoms with Gasteiger partial charge in [-0.15, -0.1) is 0 Å². The highest BCUT2D eigenvalue weighted by atomic mass is 32.2. The fraction of sp³-hybridized carbons (Fsp3) is 0.625. The quantitative estimate of drug-likeness (QED) is 0.860. The monoisotopic (exact) mass is 263 g/mol. The average molecular weight is 263 g/mol. The predicted octanol–water partition coefficient (Wildman–Crippen LogP) is 4.05. The van der Waals surface area contributed by atoms with Crippen LogP contribution in [0.5, 0.6) is 0 Å². The number of nitrogens with one attached hydrogen (secondary N) is 1. The molecule has 1 aromatic rings. The van der Waals surface area contributed by atoms with Crippen molar-refractivity contribution in [3.63, 3.8) is 0 Å². The number of rotatable bonds is 5. The molecule has 1 fully saturated rings. The highest BCUT2D eigenvalue weighted by Gasteiger charge is 2.24. The van der Waals surface area contributed by atoms with Crippen molar-refractivity contribution >= 4 is 11.8 Å². The average Bonchev–Trinajstić information content (AvgIpc) is 2.46. The number of benzene rings is 1. The Labute approximate surface area is 116 Å². The van der Waals surface area contributed by atoms with E-state index in [2.05, 4.69) is 48.8 Å². The van der Waals surface area contributed by atoms with Crippen molar-refractivity contribution in [2.75, 3.05) is 12.8 Å². The van der Waals surface area contributed by atoms with Crippen LogP contribution in [-0.4, -0.2) is 24.1 Å². The van der Waals surface area contributed by atoms with Crippen LogP contribution in [0.15, 0.2) is 30.3 Å².